The van der Waals surface area contributed by atoms with E-state index < -0.39 is 0 Å². The molecule has 80 valence electrons. The summed E-state index contributed by atoms with van der Waals surface area (Å²) in [5.74, 6) is 0. The minimum Gasteiger partial charge on any atom is -0.349 e. The summed E-state index contributed by atoms with van der Waals surface area (Å²) in [7, 11) is 1.98. The normalized spacial score (nSPS) is 11.1. The molecule has 0 radical (unpaired) electrons. The van der Waals surface area contributed by atoms with E-state index in [1.54, 1.807) is 0 Å². The Morgan fingerprint density at radius 1 is 1.40 bits per heavy atom. The lowest BCUT2D eigenvalue weighted by Gasteiger charge is -2.00. The molecule has 0 bridgehead atoms. The van der Waals surface area contributed by atoms with E-state index in [1.807, 2.05) is 7.05 Å². The number of likely N-dealkylation sites (N-methyl/N-ethyl adjacent to an activating group) is 1. The van der Waals surface area contributed by atoms with Crippen LogP contribution in [0.2, 0.25) is 0 Å². The largest absolute Gasteiger partial charge is 0.349 e. The Morgan fingerprint density at radius 3 is 2.93 bits per heavy atom. The van der Waals surface area contributed by atoms with Crippen molar-refractivity contribution in [2.24, 2.45) is 0 Å². The first kappa shape index (κ1) is 10.7. The number of aryl methyl sites for hydroxylation is 1. The van der Waals surface area contributed by atoms with Crippen molar-refractivity contribution in [1.82, 2.24) is 10.3 Å². The van der Waals surface area contributed by atoms with Gasteiger partial charge in [0.25, 0.3) is 0 Å². The van der Waals surface area contributed by atoms with E-state index in [2.05, 4.69) is 51.4 Å². The Balaban J connectivity index is 2.53. The molecule has 0 aliphatic heterocycles. The number of para-hydroxylation sites is 1. The maximum absolute atomic E-state index is 3.59. The minimum absolute atomic E-state index is 0.999. The molecule has 1 heterocycles. The molecule has 2 nitrogen and oxygen atoms in total. The molecule has 0 unspecified atom stereocenters. The van der Waals surface area contributed by atoms with Crippen LogP contribution < -0.4 is 5.32 Å². The van der Waals surface area contributed by atoms with Crippen molar-refractivity contribution < 1.29 is 0 Å². The quantitative estimate of drug-likeness (QED) is 0.879. The van der Waals surface area contributed by atoms with Crippen molar-refractivity contribution in [2.75, 3.05) is 13.6 Å². The van der Waals surface area contributed by atoms with Crippen molar-refractivity contribution in [2.45, 2.75) is 13.3 Å². The van der Waals surface area contributed by atoms with E-state index in [4.69, 9.17) is 0 Å². The van der Waals surface area contributed by atoms with E-state index in [1.165, 1.54) is 22.0 Å². The lowest BCUT2D eigenvalue weighted by atomic mass is 10.1. The Morgan fingerprint density at radius 2 is 2.20 bits per heavy atom. The van der Waals surface area contributed by atoms with Crippen LogP contribution in [0.5, 0.6) is 0 Å². The van der Waals surface area contributed by atoms with Crippen molar-refractivity contribution in [3.63, 3.8) is 0 Å². The predicted octanol–water partition coefficient (Wildman–Crippen LogP) is 3.00. The first-order valence-electron chi connectivity index (χ1n) is 5.14. The number of aromatic nitrogens is 1. The highest BCUT2D eigenvalue weighted by Gasteiger charge is 2.09. The summed E-state index contributed by atoms with van der Waals surface area (Å²) in [6.45, 7) is 3.13. The van der Waals surface area contributed by atoms with Crippen LogP contribution in [0.1, 0.15) is 11.1 Å². The average Bonchev–Trinajstić information content (AvgIpc) is 2.54. The molecular formula is C12H15BrN2. The SMILES string of the molecule is CNCCc1c(Br)[nH]c2c(C)cccc12. The van der Waals surface area contributed by atoms with Gasteiger partial charge in [-0.3, -0.25) is 0 Å². The average molecular weight is 267 g/mol. The molecule has 2 rings (SSSR count). The second-order valence-corrected chi connectivity index (χ2v) is 4.56. The summed E-state index contributed by atoms with van der Waals surface area (Å²) >= 11 is 3.59. The van der Waals surface area contributed by atoms with Crippen molar-refractivity contribution in [3.05, 3.63) is 33.9 Å². The number of nitrogens with one attached hydrogen (secondary N) is 2. The third kappa shape index (κ3) is 1.94. The van der Waals surface area contributed by atoms with E-state index in [0.717, 1.165) is 17.6 Å². The van der Waals surface area contributed by atoms with Crippen molar-refractivity contribution in [1.29, 1.82) is 0 Å². The van der Waals surface area contributed by atoms with Crippen LogP contribution in [-0.4, -0.2) is 18.6 Å². The molecular weight excluding hydrogens is 252 g/mol. The van der Waals surface area contributed by atoms with Crippen molar-refractivity contribution in [3.8, 4) is 0 Å². The highest BCUT2D eigenvalue weighted by molar-refractivity contribution is 9.10. The molecule has 0 atom stereocenters. The van der Waals surface area contributed by atoms with Gasteiger partial charge in [-0.2, -0.15) is 0 Å². The standard InChI is InChI=1S/C12H15BrN2/c1-8-4-3-5-9-10(6-7-14-2)12(13)15-11(8)9/h3-5,14-15H,6-7H2,1-2H3. The number of aromatic amines is 1. The van der Waals surface area contributed by atoms with Gasteiger partial charge in [-0.05, 0) is 54.0 Å². The summed E-state index contributed by atoms with van der Waals surface area (Å²) in [5, 5.41) is 4.51. The maximum Gasteiger partial charge on any atom is 0.0864 e. The first-order valence-corrected chi connectivity index (χ1v) is 5.93. The van der Waals surface area contributed by atoms with E-state index in [-0.39, 0.29) is 0 Å². The van der Waals surface area contributed by atoms with Gasteiger partial charge in [-0.25, -0.2) is 0 Å². The summed E-state index contributed by atoms with van der Waals surface area (Å²) < 4.78 is 1.11. The minimum atomic E-state index is 0.999. The lowest BCUT2D eigenvalue weighted by molar-refractivity contribution is 0.793. The summed E-state index contributed by atoms with van der Waals surface area (Å²) in [4.78, 5) is 3.39. The van der Waals surface area contributed by atoms with Gasteiger partial charge in [-0.1, -0.05) is 18.2 Å². The van der Waals surface area contributed by atoms with Gasteiger partial charge in [-0.15, -0.1) is 0 Å². The molecule has 0 aliphatic rings. The van der Waals surface area contributed by atoms with Crippen LogP contribution in [0, 0.1) is 6.92 Å². The molecule has 0 aliphatic carbocycles. The second kappa shape index (κ2) is 4.37. The lowest BCUT2D eigenvalue weighted by Crippen LogP contribution is -2.10. The summed E-state index contributed by atoms with van der Waals surface area (Å²) in [6.07, 6.45) is 1.04. The monoisotopic (exact) mass is 266 g/mol. The third-order valence-electron chi connectivity index (χ3n) is 2.72. The topological polar surface area (TPSA) is 27.8 Å². The maximum atomic E-state index is 3.59. The fourth-order valence-corrected chi connectivity index (χ4v) is 2.49. The Hall–Kier alpha value is -0.800. The molecule has 0 amide bonds. The van der Waals surface area contributed by atoms with Gasteiger partial charge >= 0.3 is 0 Å². The second-order valence-electron chi connectivity index (χ2n) is 3.77. The number of benzene rings is 1. The first-order chi connectivity index (χ1) is 7.24. The van der Waals surface area contributed by atoms with Crippen LogP contribution in [-0.2, 0) is 6.42 Å². The molecule has 1 aromatic carbocycles. The van der Waals surface area contributed by atoms with Crippen molar-refractivity contribution >= 4 is 26.8 Å². The highest BCUT2D eigenvalue weighted by atomic mass is 79.9. The summed E-state index contributed by atoms with van der Waals surface area (Å²) in [5.41, 5.74) is 3.91. The Kier molecular flexibility index (Phi) is 3.12. The molecule has 0 fully saturated rings. The fourth-order valence-electron chi connectivity index (χ4n) is 1.88. The van der Waals surface area contributed by atoms with E-state index >= 15 is 0 Å². The smallest absolute Gasteiger partial charge is 0.0864 e. The molecule has 1 aromatic heterocycles. The van der Waals surface area contributed by atoms with Gasteiger partial charge < -0.3 is 10.3 Å². The molecule has 3 heteroatoms. The number of hydrogen-bond donors (Lipinski definition) is 2. The van der Waals surface area contributed by atoms with Gasteiger partial charge in [0.1, 0.15) is 0 Å². The zero-order valence-corrected chi connectivity index (χ0v) is 10.6. The highest BCUT2D eigenvalue weighted by Crippen LogP contribution is 2.28. The zero-order valence-electron chi connectivity index (χ0n) is 9.02. The third-order valence-corrected chi connectivity index (χ3v) is 3.40. The van der Waals surface area contributed by atoms with Crippen LogP contribution >= 0.6 is 15.9 Å². The number of halogens is 1. The van der Waals surface area contributed by atoms with Gasteiger partial charge in [0.05, 0.1) is 4.60 Å². The van der Waals surface area contributed by atoms with Gasteiger partial charge in [0.15, 0.2) is 0 Å². The van der Waals surface area contributed by atoms with Gasteiger partial charge in [0.2, 0.25) is 0 Å². The molecule has 0 spiro atoms. The molecule has 0 saturated heterocycles. The molecule has 0 saturated carbocycles. The van der Waals surface area contributed by atoms with E-state index in [9.17, 15) is 0 Å². The van der Waals surface area contributed by atoms with Crippen LogP contribution in [0.15, 0.2) is 22.8 Å². The van der Waals surface area contributed by atoms with E-state index in [0.29, 0.717) is 0 Å². The zero-order chi connectivity index (χ0) is 10.8. The summed E-state index contributed by atoms with van der Waals surface area (Å²) in [6, 6.07) is 6.42. The fraction of sp³-hybridized carbons (Fsp3) is 0.333. The molecule has 2 N–H and O–H groups in total. The van der Waals surface area contributed by atoms with Crippen LogP contribution in [0.4, 0.5) is 0 Å². The predicted molar refractivity (Wildman–Crippen MR) is 68.4 cm³/mol. The van der Waals surface area contributed by atoms with Gasteiger partial charge in [0, 0.05) is 10.9 Å². The van der Waals surface area contributed by atoms with Crippen LogP contribution in [0.25, 0.3) is 10.9 Å². The molecule has 15 heavy (non-hydrogen) atoms. The Bertz CT molecular complexity index is 474. The number of hydrogen-bond acceptors (Lipinski definition) is 1. The Labute approximate surface area is 98.2 Å². The number of rotatable bonds is 3. The number of fused-ring (bicyclic) bond motifs is 1. The number of H-pyrrole nitrogens is 1. The van der Waals surface area contributed by atoms with Crippen LogP contribution in [0.3, 0.4) is 0 Å². The molecule has 2 aromatic rings.